The number of hydrogen-bond acceptors (Lipinski definition) is 11. The molecule has 0 radical (unpaired) electrons. The van der Waals surface area contributed by atoms with E-state index in [4.69, 9.17) is 19.3 Å². The SMILES string of the molecule is CC(C)(C)OC(=O)N1CCOC(C(=O)Nc2ccc3c(c2)c(-c2ccncc2)nn3C(c2ccccc2)(c2ccccc2)c2ccccc2)C1.O=C(Nc1ccc2[nH]nc(-c3ccncc3)c2c1)C1CNCCO1. The van der Waals surface area contributed by atoms with Crippen LogP contribution in [0.5, 0.6) is 0 Å². The molecule has 2 unspecified atom stereocenters. The maximum absolute atomic E-state index is 13.6. The molecule has 3 amide bonds. The molecule has 74 heavy (non-hydrogen) atoms. The van der Waals surface area contributed by atoms with Crippen molar-refractivity contribution in [1.82, 2.24) is 40.2 Å². The molecule has 9 aromatic rings. The summed E-state index contributed by atoms with van der Waals surface area (Å²) >= 11 is 0. The van der Waals surface area contributed by atoms with Crippen LogP contribution in [0.3, 0.4) is 0 Å². The van der Waals surface area contributed by atoms with Crippen molar-refractivity contribution in [3.05, 3.63) is 193 Å². The van der Waals surface area contributed by atoms with Gasteiger partial charge in [0.05, 0.1) is 30.8 Å². The molecule has 2 fully saturated rings. The molecule has 2 saturated heterocycles. The molecule has 0 aliphatic carbocycles. The Balaban J connectivity index is 0.000000217. The van der Waals surface area contributed by atoms with Crippen LogP contribution in [0.4, 0.5) is 16.2 Å². The van der Waals surface area contributed by atoms with Gasteiger partial charge in [0.2, 0.25) is 0 Å². The van der Waals surface area contributed by atoms with Crippen LogP contribution in [0.1, 0.15) is 37.5 Å². The molecule has 11 rings (SSSR count). The zero-order valence-corrected chi connectivity index (χ0v) is 41.3. The fourth-order valence-electron chi connectivity index (χ4n) is 9.38. The summed E-state index contributed by atoms with van der Waals surface area (Å²) in [5, 5.41) is 23.7. The van der Waals surface area contributed by atoms with E-state index in [1.807, 2.05) is 99.6 Å². The molecule has 4 aromatic heterocycles. The number of hydrogen-bond donors (Lipinski definition) is 4. The van der Waals surface area contributed by atoms with Gasteiger partial charge in [-0.1, -0.05) is 91.0 Å². The van der Waals surface area contributed by atoms with Crippen LogP contribution in [-0.4, -0.2) is 110 Å². The van der Waals surface area contributed by atoms with E-state index < -0.39 is 29.4 Å². The summed E-state index contributed by atoms with van der Waals surface area (Å²) in [5.74, 6) is -0.488. The average molecular weight is 989 g/mol. The minimum atomic E-state index is -0.851. The van der Waals surface area contributed by atoms with Gasteiger partial charge in [-0.05, 0) is 98.1 Å². The van der Waals surface area contributed by atoms with Gasteiger partial charge in [0.25, 0.3) is 11.8 Å². The number of amides is 3. The van der Waals surface area contributed by atoms with Crippen LogP contribution in [0, 0.1) is 0 Å². The molecule has 16 heteroatoms. The number of anilines is 2. The van der Waals surface area contributed by atoms with Crippen LogP contribution in [0.25, 0.3) is 44.3 Å². The number of carbonyl (C=O) groups is 3. The minimum Gasteiger partial charge on any atom is -0.444 e. The second-order valence-corrected chi connectivity index (χ2v) is 18.9. The predicted octanol–water partition coefficient (Wildman–Crippen LogP) is 9.06. The first-order valence-corrected chi connectivity index (χ1v) is 24.6. The summed E-state index contributed by atoms with van der Waals surface area (Å²) in [4.78, 5) is 48.4. The third-order valence-electron chi connectivity index (χ3n) is 12.8. The van der Waals surface area contributed by atoms with Gasteiger partial charge in [-0.25, -0.2) is 9.48 Å². The van der Waals surface area contributed by atoms with E-state index in [-0.39, 0.29) is 25.0 Å². The summed E-state index contributed by atoms with van der Waals surface area (Å²) in [6.45, 7) is 7.98. The first kappa shape index (κ1) is 49.0. The number of aromatic nitrogens is 6. The van der Waals surface area contributed by atoms with Gasteiger partial charge in [0, 0.05) is 77.7 Å². The largest absolute Gasteiger partial charge is 0.444 e. The molecule has 5 aromatic carbocycles. The summed E-state index contributed by atoms with van der Waals surface area (Å²) in [7, 11) is 0. The van der Waals surface area contributed by atoms with E-state index in [1.54, 1.807) is 24.8 Å². The molecular weight excluding hydrogens is 933 g/mol. The van der Waals surface area contributed by atoms with Gasteiger partial charge in [0.15, 0.2) is 6.10 Å². The van der Waals surface area contributed by atoms with Crippen molar-refractivity contribution in [2.45, 2.75) is 44.1 Å². The van der Waals surface area contributed by atoms with Crippen LogP contribution < -0.4 is 16.0 Å². The Kier molecular flexibility index (Phi) is 14.3. The first-order valence-electron chi connectivity index (χ1n) is 24.6. The number of benzene rings is 5. The van der Waals surface area contributed by atoms with Crippen LogP contribution >= 0.6 is 0 Å². The number of nitrogens with one attached hydrogen (secondary N) is 4. The lowest BCUT2D eigenvalue weighted by atomic mass is 9.77. The highest BCUT2D eigenvalue weighted by molar-refractivity contribution is 6.01. The van der Waals surface area contributed by atoms with Gasteiger partial charge >= 0.3 is 6.09 Å². The highest BCUT2D eigenvalue weighted by atomic mass is 16.6. The normalized spacial score (nSPS) is 16.0. The summed E-state index contributed by atoms with van der Waals surface area (Å²) in [5.41, 5.74) is 8.18. The number of nitrogens with zero attached hydrogens (tertiary/aromatic N) is 6. The zero-order valence-electron chi connectivity index (χ0n) is 41.3. The Hall–Kier alpha value is -8.57. The highest BCUT2D eigenvalue weighted by Gasteiger charge is 2.41. The third kappa shape index (κ3) is 10.5. The fraction of sp³-hybridized carbons (Fsp3) is 0.224. The summed E-state index contributed by atoms with van der Waals surface area (Å²) in [6, 6.07) is 50.4. The Labute approximate surface area is 428 Å². The topological polar surface area (TPSA) is 191 Å². The number of aromatic amines is 1. The standard InChI is InChI=1S/C41H39N5O4.C17H17N5O2/c1-40(2,3)50-39(48)45-25-26-49-36(28-45)38(47)43-33-19-20-35-34(27-33)37(29-21-23-42-24-22-29)44-46(35)41(30-13-7-4-8-14-30,31-15-9-5-10-16-31)32-17-11-6-12-18-32;23-17(15-10-19-7-8-24-15)20-12-1-2-14-13(9-12)16(22-21-14)11-3-5-18-6-4-11/h4-24,27,36H,25-26,28H2,1-3H3,(H,43,47);1-6,9,15,19H,7-8,10H2,(H,20,23)(H,21,22). The van der Waals surface area contributed by atoms with Gasteiger partial charge in [-0.3, -0.25) is 24.7 Å². The molecule has 6 heterocycles. The first-order chi connectivity index (χ1) is 36.0. The molecule has 16 nitrogen and oxygen atoms in total. The monoisotopic (exact) mass is 988 g/mol. The summed E-state index contributed by atoms with van der Waals surface area (Å²) < 4.78 is 18.9. The van der Waals surface area contributed by atoms with Crippen LogP contribution in [0.15, 0.2) is 176 Å². The summed E-state index contributed by atoms with van der Waals surface area (Å²) in [6.07, 6.45) is 5.19. The average Bonchev–Trinajstić information content (AvgIpc) is 4.04. The predicted molar refractivity (Wildman–Crippen MR) is 284 cm³/mol. The zero-order chi connectivity index (χ0) is 51.1. The van der Waals surface area contributed by atoms with Crippen molar-refractivity contribution in [3.8, 4) is 22.5 Å². The molecule has 0 saturated carbocycles. The molecule has 2 atom stereocenters. The number of fused-ring (bicyclic) bond motifs is 2. The van der Waals surface area contributed by atoms with E-state index in [0.29, 0.717) is 25.4 Å². The Bertz CT molecular complexity index is 3270. The van der Waals surface area contributed by atoms with Crippen molar-refractivity contribution in [3.63, 3.8) is 0 Å². The minimum absolute atomic E-state index is 0.0942. The Morgan fingerprint density at radius 1 is 0.635 bits per heavy atom. The van der Waals surface area contributed by atoms with E-state index in [1.165, 1.54) is 4.90 Å². The Morgan fingerprint density at radius 3 is 1.74 bits per heavy atom. The van der Waals surface area contributed by atoms with Gasteiger partial charge in [-0.2, -0.15) is 10.2 Å². The van der Waals surface area contributed by atoms with Crippen molar-refractivity contribution in [2.24, 2.45) is 0 Å². The quantitative estimate of drug-likeness (QED) is 0.0957. The van der Waals surface area contributed by atoms with Gasteiger partial charge in [-0.15, -0.1) is 0 Å². The second-order valence-electron chi connectivity index (χ2n) is 18.9. The highest BCUT2D eigenvalue weighted by Crippen LogP contribution is 2.44. The molecule has 2 aliphatic rings. The molecule has 2 aliphatic heterocycles. The number of carbonyl (C=O) groups excluding carboxylic acids is 3. The third-order valence-corrected chi connectivity index (χ3v) is 12.8. The van der Waals surface area contributed by atoms with Crippen molar-refractivity contribution in [2.75, 3.05) is 50.0 Å². The fourth-order valence-corrected chi connectivity index (χ4v) is 9.38. The molecule has 0 bridgehead atoms. The number of pyridine rings is 2. The Morgan fingerprint density at radius 2 is 1.18 bits per heavy atom. The van der Waals surface area contributed by atoms with Crippen LogP contribution in [-0.2, 0) is 29.3 Å². The number of ether oxygens (including phenoxy) is 3. The smallest absolute Gasteiger partial charge is 0.410 e. The van der Waals surface area contributed by atoms with Crippen molar-refractivity contribution in [1.29, 1.82) is 0 Å². The van der Waals surface area contributed by atoms with E-state index in [2.05, 4.69) is 114 Å². The number of morpholine rings is 2. The molecular formula is C58H56N10O6. The van der Waals surface area contributed by atoms with E-state index >= 15 is 0 Å². The number of H-pyrrole nitrogens is 1. The van der Waals surface area contributed by atoms with Crippen LogP contribution in [0.2, 0.25) is 0 Å². The lowest BCUT2D eigenvalue weighted by Gasteiger charge is -2.37. The number of rotatable bonds is 10. The molecule has 0 spiro atoms. The molecule has 4 N–H and O–H groups in total. The van der Waals surface area contributed by atoms with Gasteiger partial charge in [0.1, 0.15) is 28.6 Å². The second kappa shape index (κ2) is 21.6. The van der Waals surface area contributed by atoms with Crippen molar-refractivity contribution < 1.29 is 28.6 Å². The van der Waals surface area contributed by atoms with E-state index in [0.717, 1.165) is 73.2 Å². The lowest BCUT2D eigenvalue weighted by Crippen LogP contribution is -2.51. The molecule has 374 valence electrons. The van der Waals surface area contributed by atoms with Gasteiger partial charge < -0.3 is 35.1 Å². The maximum Gasteiger partial charge on any atom is 0.410 e. The van der Waals surface area contributed by atoms with Crippen molar-refractivity contribution >= 4 is 51.1 Å². The van der Waals surface area contributed by atoms with E-state index in [9.17, 15) is 14.4 Å². The lowest BCUT2D eigenvalue weighted by molar-refractivity contribution is -0.132. The maximum atomic E-state index is 13.6.